The Morgan fingerprint density at radius 1 is 1.45 bits per heavy atom. The van der Waals surface area contributed by atoms with E-state index in [4.69, 9.17) is 4.42 Å². The molecule has 0 unspecified atom stereocenters. The molecule has 0 saturated carbocycles. The van der Waals surface area contributed by atoms with Crippen molar-refractivity contribution < 1.29 is 13.6 Å². The lowest BCUT2D eigenvalue weighted by atomic mass is 10.2. The van der Waals surface area contributed by atoms with E-state index in [9.17, 15) is 9.18 Å². The molecule has 3 aromatic rings. The highest BCUT2D eigenvalue weighted by Crippen LogP contribution is 2.13. The molecule has 1 N–H and O–H groups in total. The molecule has 0 atom stereocenters. The number of amides is 1. The Labute approximate surface area is 113 Å². The zero-order valence-corrected chi connectivity index (χ0v) is 10.6. The summed E-state index contributed by atoms with van der Waals surface area (Å²) in [7, 11) is 0. The lowest BCUT2D eigenvalue weighted by molar-refractivity contribution is 0.0923. The normalized spacial score (nSPS) is 10.9. The Balaban J connectivity index is 1.78. The third kappa shape index (κ3) is 2.03. The molecule has 0 bridgehead atoms. The maximum Gasteiger partial charge on any atom is 0.325 e. The Hall–Kier alpha value is -2.70. The van der Waals surface area contributed by atoms with Gasteiger partial charge in [0, 0.05) is 12.1 Å². The molecule has 0 aliphatic carbocycles. The molecule has 0 saturated heterocycles. The van der Waals surface area contributed by atoms with E-state index in [1.54, 1.807) is 25.1 Å². The van der Waals surface area contributed by atoms with Crippen LogP contribution in [0.25, 0.3) is 5.84 Å². The third-order valence-electron chi connectivity index (χ3n) is 2.96. The quantitative estimate of drug-likeness (QED) is 0.789. The van der Waals surface area contributed by atoms with Crippen LogP contribution in [0.4, 0.5) is 4.39 Å². The topological polar surface area (TPSA) is 72.4 Å². The minimum absolute atomic E-state index is 0.0847. The summed E-state index contributed by atoms with van der Waals surface area (Å²) >= 11 is 0. The number of nitrogens with zero attached hydrogens (tertiary/aromatic N) is 3. The van der Waals surface area contributed by atoms with Crippen LogP contribution >= 0.6 is 0 Å². The van der Waals surface area contributed by atoms with Crippen molar-refractivity contribution in [3.8, 4) is 0 Å². The van der Waals surface area contributed by atoms with Crippen molar-refractivity contribution in [2.45, 2.75) is 13.5 Å². The summed E-state index contributed by atoms with van der Waals surface area (Å²) in [5.74, 6) is -0.422. The second-order valence-electron chi connectivity index (χ2n) is 4.25. The van der Waals surface area contributed by atoms with Crippen LogP contribution in [0.2, 0.25) is 0 Å². The number of hydrogen-bond acceptors (Lipinski definition) is 4. The molecule has 2 aromatic heterocycles. The molecule has 6 nitrogen and oxygen atoms in total. The van der Waals surface area contributed by atoms with Gasteiger partial charge in [-0.25, -0.2) is 4.39 Å². The number of hydrogen-bond donors (Lipinski definition) is 1. The minimum atomic E-state index is -0.432. The van der Waals surface area contributed by atoms with Crippen LogP contribution in [0.5, 0.6) is 0 Å². The molecule has 2 heterocycles. The summed E-state index contributed by atoms with van der Waals surface area (Å²) in [6.07, 6.45) is 1.34. The number of nitrogens with one attached hydrogen (secondary N) is 1. The van der Waals surface area contributed by atoms with E-state index in [1.165, 1.54) is 16.9 Å². The van der Waals surface area contributed by atoms with Crippen molar-refractivity contribution >= 4 is 11.8 Å². The van der Waals surface area contributed by atoms with Gasteiger partial charge in [0.2, 0.25) is 5.76 Å². The van der Waals surface area contributed by atoms with E-state index in [0.29, 0.717) is 11.3 Å². The van der Waals surface area contributed by atoms with Gasteiger partial charge in [-0.05, 0) is 13.0 Å². The van der Waals surface area contributed by atoms with Gasteiger partial charge in [0.05, 0.1) is 5.69 Å². The number of halogens is 1. The monoisotopic (exact) mass is 274 g/mol. The van der Waals surface area contributed by atoms with Crippen molar-refractivity contribution in [3.05, 3.63) is 53.4 Å². The molecule has 3 rings (SSSR count). The van der Waals surface area contributed by atoms with Crippen LogP contribution in [0.1, 0.15) is 21.8 Å². The highest BCUT2D eigenvalue weighted by atomic mass is 19.1. The van der Waals surface area contributed by atoms with Crippen LogP contribution in [0, 0.1) is 12.7 Å². The lowest BCUT2D eigenvalue weighted by Crippen LogP contribution is -2.23. The van der Waals surface area contributed by atoms with Crippen molar-refractivity contribution in [3.63, 3.8) is 0 Å². The highest BCUT2D eigenvalue weighted by Gasteiger charge is 2.19. The Bertz CT molecular complexity index is 778. The lowest BCUT2D eigenvalue weighted by Gasteiger charge is -2.04. The fraction of sp³-hybridized carbons (Fsp3) is 0.154. The predicted octanol–water partition coefficient (Wildman–Crippen LogP) is 1.70. The van der Waals surface area contributed by atoms with Gasteiger partial charge in [-0.3, -0.25) is 4.79 Å². The van der Waals surface area contributed by atoms with Crippen LogP contribution in [0.3, 0.4) is 0 Å². The summed E-state index contributed by atoms with van der Waals surface area (Å²) in [6.45, 7) is 1.78. The molecular formula is C13H11FN4O2. The largest absolute Gasteiger partial charge is 0.416 e. The average molecular weight is 274 g/mol. The molecule has 1 aromatic carbocycles. The van der Waals surface area contributed by atoms with Gasteiger partial charge < -0.3 is 9.73 Å². The first-order valence-corrected chi connectivity index (χ1v) is 5.97. The van der Waals surface area contributed by atoms with Crippen LogP contribution < -0.4 is 5.32 Å². The molecule has 0 spiro atoms. The van der Waals surface area contributed by atoms with E-state index >= 15 is 0 Å². The van der Waals surface area contributed by atoms with Crippen LogP contribution in [-0.4, -0.2) is 20.5 Å². The number of aryl methyl sites for hydroxylation is 1. The first-order valence-electron chi connectivity index (χ1n) is 5.97. The standard InChI is InChI=1S/C13H11FN4O2/c1-8-11(20-13-16-7-17-18(8)13)12(19)15-6-9-4-2-3-5-10(9)14/h2-5,7H,6H2,1H3,(H,15,19). The Kier molecular flexibility index (Phi) is 2.94. The predicted molar refractivity (Wildman–Crippen MR) is 67.6 cm³/mol. The van der Waals surface area contributed by atoms with Crippen molar-refractivity contribution in [1.82, 2.24) is 19.9 Å². The molecule has 1 amide bonds. The van der Waals surface area contributed by atoms with Crippen molar-refractivity contribution in [2.75, 3.05) is 0 Å². The third-order valence-corrected chi connectivity index (χ3v) is 2.96. The van der Waals surface area contributed by atoms with Crippen LogP contribution in [-0.2, 0) is 6.54 Å². The SMILES string of the molecule is Cc1c(C(=O)NCc2ccccc2F)oc2ncnn12. The maximum atomic E-state index is 13.4. The van der Waals surface area contributed by atoms with Gasteiger partial charge in [-0.1, -0.05) is 18.2 Å². The summed E-state index contributed by atoms with van der Waals surface area (Å²) in [4.78, 5) is 15.9. The number of benzene rings is 1. The summed E-state index contributed by atoms with van der Waals surface area (Å²) in [5.41, 5.74) is 0.955. The fourth-order valence-electron chi connectivity index (χ4n) is 1.90. The van der Waals surface area contributed by atoms with E-state index in [0.717, 1.165) is 0 Å². The van der Waals surface area contributed by atoms with Gasteiger partial charge in [0.1, 0.15) is 12.1 Å². The molecule has 0 aliphatic rings. The first kappa shape index (κ1) is 12.3. The summed E-state index contributed by atoms with van der Waals surface area (Å²) in [6, 6.07) is 6.26. The number of carbonyl (C=O) groups is 1. The number of rotatable bonds is 3. The number of carbonyl (C=O) groups excluding carboxylic acids is 1. The summed E-state index contributed by atoms with van der Waals surface area (Å²) < 4.78 is 20.2. The van der Waals surface area contributed by atoms with E-state index < -0.39 is 5.91 Å². The summed E-state index contributed by atoms with van der Waals surface area (Å²) in [5, 5.41) is 6.53. The molecule has 0 fully saturated rings. The Morgan fingerprint density at radius 2 is 2.25 bits per heavy atom. The molecule has 0 radical (unpaired) electrons. The van der Waals surface area contributed by atoms with Crippen molar-refractivity contribution in [1.29, 1.82) is 0 Å². The number of aromatic nitrogens is 3. The van der Waals surface area contributed by atoms with E-state index in [1.807, 2.05) is 0 Å². The first-order chi connectivity index (χ1) is 9.66. The molecule has 7 heteroatoms. The van der Waals surface area contributed by atoms with Gasteiger partial charge in [0.25, 0.3) is 5.91 Å². The van der Waals surface area contributed by atoms with Gasteiger partial charge in [0.15, 0.2) is 0 Å². The maximum absolute atomic E-state index is 13.4. The number of oxazole rings is 1. The van der Waals surface area contributed by atoms with Gasteiger partial charge >= 0.3 is 5.84 Å². The molecule has 102 valence electrons. The van der Waals surface area contributed by atoms with E-state index in [2.05, 4.69) is 15.4 Å². The zero-order chi connectivity index (χ0) is 14.1. The molecule has 20 heavy (non-hydrogen) atoms. The van der Waals surface area contributed by atoms with Crippen LogP contribution in [0.15, 0.2) is 35.0 Å². The smallest absolute Gasteiger partial charge is 0.325 e. The fourth-order valence-corrected chi connectivity index (χ4v) is 1.90. The average Bonchev–Trinajstić information content (AvgIpc) is 3.01. The van der Waals surface area contributed by atoms with Gasteiger partial charge in [-0.15, -0.1) is 0 Å². The van der Waals surface area contributed by atoms with Gasteiger partial charge in [-0.2, -0.15) is 14.6 Å². The highest BCUT2D eigenvalue weighted by molar-refractivity contribution is 5.92. The van der Waals surface area contributed by atoms with E-state index in [-0.39, 0.29) is 24.0 Å². The second-order valence-corrected chi connectivity index (χ2v) is 4.25. The Morgan fingerprint density at radius 3 is 3.00 bits per heavy atom. The minimum Gasteiger partial charge on any atom is -0.416 e. The van der Waals surface area contributed by atoms with Crippen molar-refractivity contribution in [2.24, 2.45) is 0 Å². The number of fused-ring (bicyclic) bond motifs is 1. The second kappa shape index (κ2) is 4.76. The molecule has 0 aliphatic heterocycles. The zero-order valence-electron chi connectivity index (χ0n) is 10.6. The molecular weight excluding hydrogens is 263 g/mol.